The molecule has 0 aromatic rings. The molecule has 2 atom stereocenters. The molecule has 0 aliphatic carbocycles. The first-order chi connectivity index (χ1) is 28.5. The smallest absolute Gasteiger partial charge is 0.462 e. The molecule has 0 aromatic carbocycles. The van der Waals surface area contributed by atoms with Crippen molar-refractivity contribution in [3.63, 3.8) is 0 Å². The molecule has 10 heteroatoms. The van der Waals surface area contributed by atoms with E-state index in [0.717, 1.165) is 32.1 Å². The molecule has 0 amide bonds. The Morgan fingerprint density at radius 1 is 0.508 bits per heavy atom. The lowest BCUT2D eigenvalue weighted by atomic mass is 10.0. The predicted octanol–water partition coefficient (Wildman–Crippen LogP) is 14.3. The zero-order chi connectivity index (χ0) is 43.6. The van der Waals surface area contributed by atoms with Crippen molar-refractivity contribution in [2.75, 3.05) is 47.5 Å². The van der Waals surface area contributed by atoms with E-state index in [-0.39, 0.29) is 26.1 Å². The molecule has 348 valence electrons. The Balaban J connectivity index is 4.24. The predicted molar refractivity (Wildman–Crippen MR) is 247 cm³/mol. The van der Waals surface area contributed by atoms with Gasteiger partial charge in [-0.1, -0.05) is 192 Å². The largest absolute Gasteiger partial charge is 0.472 e. The maximum absolute atomic E-state index is 12.7. The van der Waals surface area contributed by atoms with E-state index in [9.17, 15) is 19.0 Å². The lowest BCUT2D eigenvalue weighted by molar-refractivity contribution is -0.870. The summed E-state index contributed by atoms with van der Waals surface area (Å²) in [6.45, 7) is 4.40. The molecular formula is C49H95NO8P+. The van der Waals surface area contributed by atoms with Crippen LogP contribution in [0.25, 0.3) is 0 Å². The van der Waals surface area contributed by atoms with Gasteiger partial charge in [-0.15, -0.1) is 0 Å². The highest BCUT2D eigenvalue weighted by Crippen LogP contribution is 2.43. The van der Waals surface area contributed by atoms with Gasteiger partial charge < -0.3 is 18.9 Å². The average molecular weight is 857 g/mol. The molecule has 59 heavy (non-hydrogen) atoms. The van der Waals surface area contributed by atoms with E-state index in [1.807, 2.05) is 21.1 Å². The maximum atomic E-state index is 12.7. The Morgan fingerprint density at radius 2 is 0.898 bits per heavy atom. The van der Waals surface area contributed by atoms with Crippen LogP contribution in [0.4, 0.5) is 0 Å². The Bertz CT molecular complexity index is 1060. The second kappa shape index (κ2) is 41.8. The zero-order valence-electron chi connectivity index (χ0n) is 39.2. The molecule has 0 saturated carbocycles. The average Bonchev–Trinajstić information content (AvgIpc) is 3.19. The quantitative estimate of drug-likeness (QED) is 0.0212. The molecule has 0 heterocycles. The Labute approximate surface area is 364 Å². The van der Waals surface area contributed by atoms with Crippen LogP contribution in [0.1, 0.15) is 226 Å². The molecule has 0 fully saturated rings. The minimum Gasteiger partial charge on any atom is -0.462 e. The number of carbonyl (C=O) groups is 2. The topological polar surface area (TPSA) is 108 Å². The number of quaternary nitrogens is 1. The third-order valence-corrected chi connectivity index (χ3v) is 11.7. The van der Waals surface area contributed by atoms with Gasteiger partial charge in [0, 0.05) is 12.8 Å². The molecule has 1 N–H and O–H groups in total. The second-order valence-corrected chi connectivity index (χ2v) is 19.3. The van der Waals surface area contributed by atoms with Crippen LogP contribution < -0.4 is 0 Å². The van der Waals surface area contributed by atoms with Gasteiger partial charge in [0.2, 0.25) is 0 Å². The number of carbonyl (C=O) groups excluding carboxylic acids is 2. The van der Waals surface area contributed by atoms with Crippen LogP contribution in [-0.2, 0) is 32.7 Å². The number of unbranched alkanes of at least 4 members (excludes halogenated alkanes) is 27. The number of phosphoric ester groups is 1. The van der Waals surface area contributed by atoms with E-state index in [2.05, 4.69) is 38.2 Å². The first-order valence-corrected chi connectivity index (χ1v) is 26.1. The summed E-state index contributed by atoms with van der Waals surface area (Å²) in [6, 6.07) is 0. The van der Waals surface area contributed by atoms with E-state index in [0.29, 0.717) is 23.9 Å². The van der Waals surface area contributed by atoms with Gasteiger partial charge in [-0.25, -0.2) is 4.57 Å². The fraction of sp³-hybridized carbons (Fsp3) is 0.878. The molecule has 0 aromatic heterocycles. The zero-order valence-corrected chi connectivity index (χ0v) is 40.1. The van der Waals surface area contributed by atoms with Crippen LogP contribution in [0, 0.1) is 0 Å². The lowest BCUT2D eigenvalue weighted by Crippen LogP contribution is -2.37. The number of hydrogen-bond acceptors (Lipinski definition) is 7. The molecule has 0 saturated heterocycles. The number of allylic oxidation sites excluding steroid dienone is 4. The summed E-state index contributed by atoms with van der Waals surface area (Å²) in [5.74, 6) is -0.839. The molecule has 0 radical (unpaired) electrons. The number of nitrogens with zero attached hydrogens (tertiary/aromatic N) is 1. The van der Waals surface area contributed by atoms with Gasteiger partial charge in [0.15, 0.2) is 6.10 Å². The van der Waals surface area contributed by atoms with Gasteiger partial charge in [-0.05, 0) is 44.9 Å². The number of esters is 2. The first-order valence-electron chi connectivity index (χ1n) is 24.6. The molecule has 9 nitrogen and oxygen atoms in total. The summed E-state index contributed by atoms with van der Waals surface area (Å²) in [5, 5.41) is 0. The van der Waals surface area contributed by atoms with E-state index < -0.39 is 32.5 Å². The number of hydrogen-bond donors (Lipinski definition) is 1. The molecule has 1 unspecified atom stereocenters. The van der Waals surface area contributed by atoms with Gasteiger partial charge in [-0.3, -0.25) is 18.6 Å². The van der Waals surface area contributed by atoms with Crippen LogP contribution in [0.5, 0.6) is 0 Å². The minimum absolute atomic E-state index is 0.0282. The summed E-state index contributed by atoms with van der Waals surface area (Å²) in [5.41, 5.74) is 0. The van der Waals surface area contributed by atoms with Crippen molar-refractivity contribution >= 4 is 19.8 Å². The van der Waals surface area contributed by atoms with Crippen LogP contribution in [0.15, 0.2) is 24.3 Å². The van der Waals surface area contributed by atoms with Gasteiger partial charge in [0.1, 0.15) is 19.8 Å². The summed E-state index contributed by atoms with van der Waals surface area (Å²) < 4.78 is 34.3. The fourth-order valence-electron chi connectivity index (χ4n) is 6.86. The fourth-order valence-corrected chi connectivity index (χ4v) is 7.60. The molecule has 0 spiro atoms. The van der Waals surface area contributed by atoms with E-state index >= 15 is 0 Å². The number of ether oxygens (including phenoxy) is 2. The van der Waals surface area contributed by atoms with Gasteiger partial charge >= 0.3 is 19.8 Å². The Morgan fingerprint density at radius 3 is 1.36 bits per heavy atom. The van der Waals surface area contributed by atoms with Crippen LogP contribution in [-0.4, -0.2) is 74.9 Å². The maximum Gasteiger partial charge on any atom is 0.472 e. The third-order valence-electron chi connectivity index (χ3n) is 10.7. The highest BCUT2D eigenvalue weighted by molar-refractivity contribution is 7.47. The SMILES string of the molecule is CCCCCCCCCCCCCCCC/C=C/CC/C=C/CCCC(=O)OC[C@@H](COP(=O)(O)OCC[N+](C)(C)C)OC(=O)CCCCCCCCCCCCCC. The van der Waals surface area contributed by atoms with Crippen molar-refractivity contribution in [3.05, 3.63) is 24.3 Å². The van der Waals surface area contributed by atoms with Crippen molar-refractivity contribution < 1.29 is 42.1 Å². The minimum atomic E-state index is -4.38. The number of phosphoric acid groups is 1. The number of rotatable bonds is 45. The first kappa shape index (κ1) is 57.5. The molecular weight excluding hydrogens is 762 g/mol. The van der Waals surface area contributed by atoms with E-state index in [1.54, 1.807) is 0 Å². The molecule has 0 bridgehead atoms. The molecule has 0 rings (SSSR count). The van der Waals surface area contributed by atoms with Gasteiger partial charge in [-0.2, -0.15) is 0 Å². The standard InChI is InChI=1S/C49H94NO8P/c1-6-8-10-12-14-16-18-20-21-22-23-24-25-26-27-28-29-30-32-33-35-37-39-41-48(51)55-45-47(46-57-59(53,54)56-44-43-50(3,4)5)58-49(52)42-40-38-36-34-31-19-17-15-13-11-9-7-2/h28-29,33,35,47H,6-27,30-32,34,36-46H2,1-5H3/p+1/b29-28+,35-33+/t47-/m0/s1. The molecule has 0 aliphatic heterocycles. The summed E-state index contributed by atoms with van der Waals surface area (Å²) in [6.07, 6.45) is 46.8. The normalized spacial score (nSPS) is 13.7. The third kappa shape index (κ3) is 45.8. The van der Waals surface area contributed by atoms with Crippen molar-refractivity contribution in [1.82, 2.24) is 0 Å². The van der Waals surface area contributed by atoms with Crippen molar-refractivity contribution in [3.8, 4) is 0 Å². The van der Waals surface area contributed by atoms with Gasteiger partial charge in [0.05, 0.1) is 27.7 Å². The van der Waals surface area contributed by atoms with E-state index in [4.69, 9.17) is 18.5 Å². The van der Waals surface area contributed by atoms with Crippen molar-refractivity contribution in [2.45, 2.75) is 232 Å². The van der Waals surface area contributed by atoms with Crippen molar-refractivity contribution in [2.24, 2.45) is 0 Å². The highest BCUT2D eigenvalue weighted by atomic mass is 31.2. The van der Waals surface area contributed by atoms with Crippen LogP contribution in [0.3, 0.4) is 0 Å². The Kier molecular flexibility index (Phi) is 40.8. The second-order valence-electron chi connectivity index (χ2n) is 17.8. The monoisotopic (exact) mass is 857 g/mol. The van der Waals surface area contributed by atoms with Crippen LogP contribution in [0.2, 0.25) is 0 Å². The Hall–Kier alpha value is -1.51. The lowest BCUT2D eigenvalue weighted by Gasteiger charge is -2.24. The summed E-state index contributed by atoms with van der Waals surface area (Å²) >= 11 is 0. The highest BCUT2D eigenvalue weighted by Gasteiger charge is 2.27. The van der Waals surface area contributed by atoms with E-state index in [1.165, 1.54) is 154 Å². The van der Waals surface area contributed by atoms with Crippen molar-refractivity contribution in [1.29, 1.82) is 0 Å². The summed E-state index contributed by atoms with van der Waals surface area (Å²) in [4.78, 5) is 35.4. The molecule has 0 aliphatic rings. The summed E-state index contributed by atoms with van der Waals surface area (Å²) in [7, 11) is 1.47. The van der Waals surface area contributed by atoms with Gasteiger partial charge in [0.25, 0.3) is 0 Å². The number of likely N-dealkylation sites (N-methyl/N-ethyl adjacent to an activating group) is 1. The van der Waals surface area contributed by atoms with Crippen LogP contribution >= 0.6 is 7.82 Å².